The highest BCUT2D eigenvalue weighted by Gasteiger charge is 2.37. The highest BCUT2D eigenvalue weighted by molar-refractivity contribution is 7.56. The van der Waals surface area contributed by atoms with Crippen molar-refractivity contribution in [1.82, 2.24) is 0 Å². The van der Waals surface area contributed by atoms with E-state index in [1.54, 1.807) is 0 Å². The van der Waals surface area contributed by atoms with Gasteiger partial charge in [0.05, 0.1) is 0 Å². The van der Waals surface area contributed by atoms with E-state index in [1.165, 1.54) is 110 Å². The topological polar surface area (TPSA) is 0 Å². The van der Waals surface area contributed by atoms with Crippen molar-refractivity contribution in [2.45, 2.75) is 393 Å². The molecule has 0 bridgehead atoms. The molecule has 0 N–H and O–H groups in total. The van der Waals surface area contributed by atoms with Gasteiger partial charge in [-0.2, -0.15) is 0 Å². The maximum Gasteiger partial charge on any atom is 0.0212 e. The molecular weight excluding hydrogens is 1480 g/mol. The molecule has 0 aliphatic carbocycles. The van der Waals surface area contributed by atoms with Crippen molar-refractivity contribution < 1.29 is 0 Å². The lowest BCUT2D eigenvalue weighted by atomic mass is 9.75. The minimum Gasteiger partial charge on any atom is -0.0561 e. The molecule has 0 fully saturated rings. The molecule has 610 valence electrons. The molecule has 5 aromatic carbocycles. The Balaban J connectivity index is 2.18. The number of benzene rings is 5. The molecule has 0 nitrogen and oxygen atoms in total. The molecule has 0 saturated carbocycles. The van der Waals surface area contributed by atoms with E-state index < -0.39 is 37.7 Å². The van der Waals surface area contributed by atoms with Crippen LogP contribution in [0.25, 0.3) is 26.5 Å². The molecule has 0 aliphatic rings. The van der Waals surface area contributed by atoms with Crippen LogP contribution in [0.15, 0.2) is 60.7 Å². The molecule has 115 heavy (non-hydrogen) atoms. The van der Waals surface area contributed by atoms with Gasteiger partial charge < -0.3 is 0 Å². The molecule has 5 heteroatoms. The molecule has 0 radical (unpaired) electrons. The lowest BCUT2D eigenvalue weighted by Gasteiger charge is -2.33. The van der Waals surface area contributed by atoms with E-state index in [9.17, 15) is 0 Å². The number of hydrogen-bond donors (Lipinski definition) is 0. The molecule has 0 unspecified atom stereocenters. The second kappa shape index (κ2) is 34.1. The predicted molar refractivity (Wildman–Crippen MR) is 510 cm³/mol. The Morgan fingerprint density at radius 3 is 0.270 bits per heavy atom. The average molecular weight is 1620 g/mol. The van der Waals surface area contributed by atoms with Crippen molar-refractivity contribution in [3.63, 3.8) is 0 Å². The normalized spacial score (nSPS) is 13.5. The minimum atomic E-state index is -1.58. The van der Waals surface area contributed by atoms with Gasteiger partial charge in [0.2, 0.25) is 0 Å². The van der Waals surface area contributed by atoms with Gasteiger partial charge in [0.25, 0.3) is 0 Å². The van der Waals surface area contributed by atoms with E-state index in [2.05, 4.69) is 491 Å². The summed E-state index contributed by atoms with van der Waals surface area (Å²) >= 11 is 0. The van der Waals surface area contributed by atoms with E-state index in [-0.39, 0.29) is 81.2 Å². The van der Waals surface area contributed by atoms with E-state index in [0.717, 1.165) is 0 Å². The van der Waals surface area contributed by atoms with Gasteiger partial charge in [-0.05, 0) is 283 Å². The van der Waals surface area contributed by atoms with Gasteiger partial charge >= 0.3 is 0 Å². The zero-order valence-electron chi connectivity index (χ0n) is 80.5. The summed E-state index contributed by atoms with van der Waals surface area (Å²) in [6.07, 6.45) is 0. The Morgan fingerprint density at radius 2 is 0.209 bits per heavy atom. The van der Waals surface area contributed by atoms with Crippen LogP contribution in [0, 0.1) is 119 Å². The van der Waals surface area contributed by atoms with Crippen LogP contribution in [-0.2, 0) is 81.2 Å². The highest BCUT2D eigenvalue weighted by atomic mass is 31.1. The van der Waals surface area contributed by atoms with Crippen LogP contribution in [0.3, 0.4) is 0 Å². The molecule has 0 amide bonds. The number of hydrogen-bond acceptors (Lipinski definition) is 0. The Bertz CT molecular complexity index is 3880. The zero-order valence-corrected chi connectivity index (χ0v) is 85.0. The fraction of sp³-hybridized carbons (Fsp3) is 0.545. The van der Waals surface area contributed by atoms with Crippen LogP contribution in [-0.4, -0.2) is 0 Å². The molecule has 0 saturated heterocycles. The third kappa shape index (κ3) is 24.9. The third-order valence-corrected chi connectivity index (χ3v) is 29.1. The first-order valence-corrected chi connectivity index (χ1v) is 48.3. The van der Waals surface area contributed by atoms with E-state index in [4.69, 9.17) is 0 Å². The molecule has 6 aromatic rings. The molecule has 1 heterocycles. The lowest BCUT2D eigenvalue weighted by molar-refractivity contribution is 0.551. The van der Waals surface area contributed by atoms with Crippen molar-refractivity contribution in [3.05, 3.63) is 263 Å². The molecule has 0 aliphatic heterocycles. The lowest BCUT2D eigenvalue weighted by Crippen LogP contribution is -2.22. The first-order chi connectivity index (χ1) is 51.6. The smallest absolute Gasteiger partial charge is 0.0212 e. The maximum absolute atomic E-state index is 3.88. The summed E-state index contributed by atoms with van der Waals surface area (Å²) in [5.41, 5.74) is 15.5. The second-order valence-electron chi connectivity index (χ2n) is 47.4. The summed E-state index contributed by atoms with van der Waals surface area (Å²) in [5, 5.41) is 5.89. The standard InChI is InChI=1S/C110H145P5/c1-96(2,3)76-66-81(101(16,17)18)91(82(67-76)102(19,20)21)111-56-46-48-58-112(92-83(103(22,23)24)68-77(97(4,5)6)69-84(92)104(25,26)27)60-50-52-62-114(94-87(107(34,35)36)72-79(99(10,11)12)73-88(94)108(37,38)39)64-54-55-65-115(95-89(109(40,41)42)74-80(100(13,14)15)75-90(95)110(43,44)45)63-53-51-61-113(59-49-47-57-111)93-85(105(28,29)30)70-78(98(7,8)9)71-86(93)106(31,32)33/h66-75H,1-45H3. The van der Waals surface area contributed by atoms with Gasteiger partial charge in [-0.3, -0.25) is 0 Å². The summed E-state index contributed by atoms with van der Waals surface area (Å²) in [7, 11) is -7.88. The predicted octanol–water partition coefficient (Wildman–Crippen LogP) is 33.8. The van der Waals surface area contributed by atoms with Crippen molar-refractivity contribution in [2.75, 3.05) is 0 Å². The highest BCUT2D eigenvalue weighted by Crippen LogP contribution is 2.56. The van der Waals surface area contributed by atoms with Crippen LogP contribution < -0.4 is 0 Å². The summed E-state index contributed by atoms with van der Waals surface area (Å²) < 4.78 is 0. The van der Waals surface area contributed by atoms with Crippen LogP contribution in [0.5, 0.6) is 0 Å². The molecular formula is C110H145P5. The van der Waals surface area contributed by atoms with E-state index in [1.807, 2.05) is 0 Å². The van der Waals surface area contributed by atoms with Crippen LogP contribution >= 0.6 is 37.7 Å². The SMILES string of the molecule is CC(C)(C)c1cc(C(C)(C)C)c(-p2c#cc#cp(-c3c(C(C)(C)C)cc(C(C)(C)C)cc3C(C)(C)C)c#cc#cp(-c3c(C(C)(C)C)cc(C(C)(C)C)cc3C(C)(C)C)c#cc#cp(-c3c(C(C)(C)C)cc(C(C)(C)C)cc3C(C)(C)C)c#cc#cp(-c3c(C(C)(C)C)cc(C(C)(C)C)cc3C(C)(C)C)c#cc#c2)c(C(C)(C)C)c1. The fourth-order valence-electron chi connectivity index (χ4n) is 13.8. The average Bonchev–Trinajstić information content (AvgIpc) is 0.779. The third-order valence-electron chi connectivity index (χ3n) is 21.1. The van der Waals surface area contributed by atoms with Gasteiger partial charge in [-0.1, -0.05) is 372 Å². The van der Waals surface area contributed by atoms with Crippen molar-refractivity contribution >= 4 is 37.7 Å². The minimum absolute atomic E-state index is 0.127. The van der Waals surface area contributed by atoms with Crippen LogP contribution in [0.4, 0.5) is 0 Å². The Kier molecular flexibility index (Phi) is 28.8. The first kappa shape index (κ1) is 97.0. The molecule has 1 aromatic heterocycles. The van der Waals surface area contributed by atoms with Gasteiger partial charge in [-0.15, -0.1) is 0 Å². The Morgan fingerprint density at radius 1 is 0.130 bits per heavy atom. The quantitative estimate of drug-likeness (QED) is 0.161. The van der Waals surface area contributed by atoms with Crippen molar-refractivity contribution in [2.24, 2.45) is 0 Å². The van der Waals surface area contributed by atoms with E-state index >= 15 is 0 Å². The van der Waals surface area contributed by atoms with E-state index in [0.29, 0.717) is 0 Å². The van der Waals surface area contributed by atoms with Crippen molar-refractivity contribution in [1.29, 1.82) is 0 Å². The van der Waals surface area contributed by atoms with Gasteiger partial charge in [0.15, 0.2) is 0 Å². The molecule has 0 spiro atoms. The Labute approximate surface area is 714 Å². The summed E-state index contributed by atoms with van der Waals surface area (Å²) in [4.78, 5) is 0. The molecule has 6 rings (SSSR count). The van der Waals surface area contributed by atoms with Crippen LogP contribution in [0.2, 0.25) is 0 Å². The summed E-state index contributed by atoms with van der Waals surface area (Å²) in [6.45, 7) is 105. The van der Waals surface area contributed by atoms with Gasteiger partial charge in [0.1, 0.15) is 0 Å². The largest absolute Gasteiger partial charge is 0.0561 e. The van der Waals surface area contributed by atoms with Gasteiger partial charge in [0, 0.05) is 64.2 Å². The summed E-state index contributed by atoms with van der Waals surface area (Å²) in [5.74, 6) is 38.8. The number of rotatable bonds is 5. The van der Waals surface area contributed by atoms with Gasteiger partial charge in [-0.25, -0.2) is 0 Å². The fourth-order valence-corrected chi connectivity index (χ4v) is 23.3. The maximum atomic E-state index is 3.88. The second-order valence-corrected chi connectivity index (χ2v) is 55.2. The van der Waals surface area contributed by atoms with Crippen molar-refractivity contribution in [3.8, 4) is 26.5 Å². The Hall–Kier alpha value is -6.80. The van der Waals surface area contributed by atoms with Crippen LogP contribution in [0.1, 0.15) is 395 Å². The molecule has 0 atom stereocenters. The zero-order chi connectivity index (χ0) is 88.1. The first-order valence-electron chi connectivity index (χ1n) is 41.6. The summed E-state index contributed by atoms with van der Waals surface area (Å²) in [6, 6.07) is 60.4. The monoisotopic (exact) mass is 1620 g/mol.